The second-order valence-electron chi connectivity index (χ2n) is 4.72. The van der Waals surface area contributed by atoms with Gasteiger partial charge < -0.3 is 9.47 Å². The Hall–Kier alpha value is -1.47. The van der Waals surface area contributed by atoms with Crippen LogP contribution >= 0.6 is 22.9 Å². The number of carbonyl (C=O) groups is 1. The summed E-state index contributed by atoms with van der Waals surface area (Å²) < 4.78 is 10.6. The molecular formula is C16H19ClN2O3S. The molecule has 0 radical (unpaired) electrons. The lowest BCUT2D eigenvalue weighted by Gasteiger charge is -2.11. The van der Waals surface area contributed by atoms with Crippen molar-refractivity contribution in [2.45, 2.75) is 20.0 Å². The summed E-state index contributed by atoms with van der Waals surface area (Å²) >= 11 is 7.50. The van der Waals surface area contributed by atoms with Gasteiger partial charge in [-0.15, -0.1) is 11.3 Å². The van der Waals surface area contributed by atoms with Gasteiger partial charge in [0.1, 0.15) is 6.10 Å². The first-order valence-electron chi connectivity index (χ1n) is 7.32. The maximum atomic E-state index is 12.1. The fourth-order valence-electron chi connectivity index (χ4n) is 1.83. The number of amides is 1. The van der Waals surface area contributed by atoms with Crippen LogP contribution in [0.25, 0.3) is 11.3 Å². The van der Waals surface area contributed by atoms with Crippen molar-refractivity contribution in [3.63, 3.8) is 0 Å². The predicted octanol–water partition coefficient (Wildman–Crippen LogP) is 3.84. The third-order valence-corrected chi connectivity index (χ3v) is 4.14. The minimum Gasteiger partial charge on any atom is -0.379 e. The molecule has 0 fully saturated rings. The van der Waals surface area contributed by atoms with Crippen molar-refractivity contribution in [2.24, 2.45) is 0 Å². The first-order valence-corrected chi connectivity index (χ1v) is 8.58. The van der Waals surface area contributed by atoms with E-state index in [0.717, 1.165) is 11.3 Å². The molecule has 1 atom stereocenters. The lowest BCUT2D eigenvalue weighted by Crippen LogP contribution is -2.28. The Morgan fingerprint density at radius 1 is 1.39 bits per heavy atom. The number of benzene rings is 1. The zero-order valence-electron chi connectivity index (χ0n) is 13.0. The Bertz CT molecular complexity index is 648. The highest BCUT2D eigenvalue weighted by molar-refractivity contribution is 7.14. The van der Waals surface area contributed by atoms with E-state index in [1.807, 2.05) is 36.6 Å². The zero-order valence-corrected chi connectivity index (χ0v) is 14.6. The molecule has 0 saturated heterocycles. The van der Waals surface area contributed by atoms with Crippen LogP contribution in [0.3, 0.4) is 0 Å². The van der Waals surface area contributed by atoms with E-state index in [2.05, 4.69) is 10.3 Å². The Kier molecular flexibility index (Phi) is 6.98. The molecule has 7 heteroatoms. The third-order valence-electron chi connectivity index (χ3n) is 3.05. The van der Waals surface area contributed by atoms with E-state index in [-0.39, 0.29) is 5.91 Å². The summed E-state index contributed by atoms with van der Waals surface area (Å²) in [6.45, 7) is 5.10. The Morgan fingerprint density at radius 3 is 2.91 bits per heavy atom. The number of ether oxygens (including phenoxy) is 2. The van der Waals surface area contributed by atoms with Gasteiger partial charge in [-0.1, -0.05) is 29.8 Å². The molecule has 0 aliphatic rings. The molecule has 0 saturated carbocycles. The maximum Gasteiger partial charge on any atom is 0.254 e. The smallest absolute Gasteiger partial charge is 0.254 e. The molecule has 1 unspecified atom stereocenters. The van der Waals surface area contributed by atoms with Crippen molar-refractivity contribution in [2.75, 3.05) is 25.1 Å². The third kappa shape index (κ3) is 5.28. The van der Waals surface area contributed by atoms with Gasteiger partial charge in [-0.05, 0) is 19.9 Å². The van der Waals surface area contributed by atoms with Crippen molar-refractivity contribution >= 4 is 34.0 Å². The first-order chi connectivity index (χ1) is 11.1. The van der Waals surface area contributed by atoms with E-state index in [9.17, 15) is 4.79 Å². The largest absolute Gasteiger partial charge is 0.379 e. The summed E-state index contributed by atoms with van der Waals surface area (Å²) in [4.78, 5) is 16.4. The average molecular weight is 355 g/mol. The highest BCUT2D eigenvalue weighted by Crippen LogP contribution is 2.30. The number of thiazole rings is 1. The number of rotatable bonds is 8. The summed E-state index contributed by atoms with van der Waals surface area (Å²) in [5.41, 5.74) is 1.58. The van der Waals surface area contributed by atoms with E-state index in [1.54, 1.807) is 6.92 Å². The van der Waals surface area contributed by atoms with Crippen molar-refractivity contribution < 1.29 is 14.3 Å². The molecule has 0 aliphatic carbocycles. The fraction of sp³-hybridized carbons (Fsp3) is 0.375. The molecule has 1 N–H and O–H groups in total. The van der Waals surface area contributed by atoms with Crippen molar-refractivity contribution in [1.29, 1.82) is 0 Å². The van der Waals surface area contributed by atoms with Crippen molar-refractivity contribution in [3.8, 4) is 11.3 Å². The van der Waals surface area contributed by atoms with Crippen LogP contribution in [0.5, 0.6) is 0 Å². The van der Waals surface area contributed by atoms with Gasteiger partial charge in [0.25, 0.3) is 5.91 Å². The van der Waals surface area contributed by atoms with Crippen LogP contribution in [0.2, 0.25) is 5.02 Å². The van der Waals surface area contributed by atoms with E-state index in [4.69, 9.17) is 21.1 Å². The van der Waals surface area contributed by atoms with Crippen LogP contribution in [-0.4, -0.2) is 36.8 Å². The average Bonchev–Trinajstić information content (AvgIpc) is 3.00. The highest BCUT2D eigenvalue weighted by Gasteiger charge is 2.16. The fourth-order valence-corrected chi connectivity index (χ4v) is 2.78. The van der Waals surface area contributed by atoms with Gasteiger partial charge >= 0.3 is 0 Å². The molecule has 1 heterocycles. The first kappa shape index (κ1) is 17.9. The number of aromatic nitrogens is 1. The Morgan fingerprint density at radius 2 is 2.17 bits per heavy atom. The van der Waals surface area contributed by atoms with Gasteiger partial charge in [-0.3, -0.25) is 10.1 Å². The molecule has 23 heavy (non-hydrogen) atoms. The standard InChI is InChI=1S/C16H19ClN2O3S/c1-3-21-8-9-22-11(2)15(20)19-16-18-14(10-23-16)12-6-4-5-7-13(12)17/h4-7,10-11H,3,8-9H2,1-2H3,(H,18,19,20). The molecule has 2 aromatic rings. The number of anilines is 1. The van der Waals surface area contributed by atoms with Crippen LogP contribution in [0, 0.1) is 0 Å². The molecule has 1 aromatic carbocycles. The molecule has 2 rings (SSSR count). The van der Waals surface area contributed by atoms with Gasteiger partial charge in [-0.25, -0.2) is 4.98 Å². The summed E-state index contributed by atoms with van der Waals surface area (Å²) in [7, 11) is 0. The molecule has 0 aliphatic heterocycles. The SMILES string of the molecule is CCOCCOC(C)C(=O)Nc1nc(-c2ccccc2Cl)cs1. The lowest BCUT2D eigenvalue weighted by molar-refractivity contribution is -0.127. The summed E-state index contributed by atoms with van der Waals surface area (Å²) in [6, 6.07) is 7.46. The van der Waals surface area contributed by atoms with Crippen molar-refractivity contribution in [3.05, 3.63) is 34.7 Å². The quantitative estimate of drug-likeness (QED) is 0.731. The van der Waals surface area contributed by atoms with Gasteiger partial charge in [0.05, 0.1) is 18.9 Å². The van der Waals surface area contributed by atoms with E-state index >= 15 is 0 Å². The Balaban J connectivity index is 1.91. The number of carbonyl (C=O) groups excluding carboxylic acids is 1. The maximum absolute atomic E-state index is 12.1. The van der Waals surface area contributed by atoms with Gasteiger partial charge in [-0.2, -0.15) is 0 Å². The summed E-state index contributed by atoms with van der Waals surface area (Å²) in [5.74, 6) is -0.235. The minimum atomic E-state index is -0.567. The second-order valence-corrected chi connectivity index (χ2v) is 5.98. The molecule has 5 nitrogen and oxygen atoms in total. The Labute approximate surface area is 144 Å². The molecule has 0 spiro atoms. The van der Waals surface area contributed by atoms with Gasteiger partial charge in [0.15, 0.2) is 5.13 Å². The predicted molar refractivity (Wildman–Crippen MR) is 93.1 cm³/mol. The van der Waals surface area contributed by atoms with Crippen LogP contribution in [0.4, 0.5) is 5.13 Å². The van der Waals surface area contributed by atoms with Crippen LogP contribution < -0.4 is 5.32 Å². The van der Waals surface area contributed by atoms with Crippen LogP contribution in [0.15, 0.2) is 29.6 Å². The minimum absolute atomic E-state index is 0.235. The molecule has 1 amide bonds. The number of hydrogen-bond acceptors (Lipinski definition) is 5. The molecule has 1 aromatic heterocycles. The van der Waals surface area contributed by atoms with E-state index in [1.165, 1.54) is 11.3 Å². The van der Waals surface area contributed by atoms with Crippen LogP contribution in [0.1, 0.15) is 13.8 Å². The van der Waals surface area contributed by atoms with Gasteiger partial charge in [0.2, 0.25) is 0 Å². The normalized spacial score (nSPS) is 12.1. The topological polar surface area (TPSA) is 60.5 Å². The van der Waals surface area contributed by atoms with Crippen molar-refractivity contribution in [1.82, 2.24) is 4.98 Å². The summed E-state index contributed by atoms with van der Waals surface area (Å²) in [5, 5.41) is 5.76. The lowest BCUT2D eigenvalue weighted by atomic mass is 10.2. The van der Waals surface area contributed by atoms with E-state index < -0.39 is 6.10 Å². The van der Waals surface area contributed by atoms with Gasteiger partial charge in [0, 0.05) is 22.6 Å². The van der Waals surface area contributed by atoms with E-state index in [0.29, 0.717) is 30.0 Å². The number of hydrogen-bond donors (Lipinski definition) is 1. The summed E-state index contributed by atoms with van der Waals surface area (Å²) in [6.07, 6.45) is -0.567. The highest BCUT2D eigenvalue weighted by atomic mass is 35.5. The van der Waals surface area contributed by atoms with Crippen LogP contribution in [-0.2, 0) is 14.3 Å². The molecule has 0 bridgehead atoms. The number of nitrogens with one attached hydrogen (secondary N) is 1. The second kappa shape index (κ2) is 8.98. The molecule has 124 valence electrons. The number of nitrogens with zero attached hydrogens (tertiary/aromatic N) is 1. The monoisotopic (exact) mass is 354 g/mol. The zero-order chi connectivity index (χ0) is 16.7. The number of halogens is 1. The molecular weight excluding hydrogens is 336 g/mol.